The minimum Gasteiger partial charge on any atom is -0.353 e. The maximum absolute atomic E-state index is 12.4. The quantitative estimate of drug-likeness (QED) is 0.174. The zero-order valence-corrected chi connectivity index (χ0v) is 23.9. The summed E-state index contributed by atoms with van der Waals surface area (Å²) in [4.78, 5) is 24.8. The molecule has 0 aromatic rings. The van der Waals surface area contributed by atoms with Crippen molar-refractivity contribution in [2.45, 2.75) is 134 Å². The molecule has 2 heterocycles. The van der Waals surface area contributed by atoms with Crippen LogP contribution in [-0.4, -0.2) is 62.9 Å². The monoisotopic (exact) mass is 548 g/mol. The number of nitrogens with one attached hydrogen (secondary N) is 2. The zero-order chi connectivity index (χ0) is 27.4. The second kappa shape index (κ2) is 20.2. The van der Waals surface area contributed by atoms with Gasteiger partial charge in [-0.2, -0.15) is 0 Å². The van der Waals surface area contributed by atoms with Gasteiger partial charge < -0.3 is 29.6 Å². The predicted octanol–water partition coefficient (Wildman–Crippen LogP) is 5.46. The molecule has 0 spiro atoms. The molecule has 2 N–H and O–H groups in total. The highest BCUT2D eigenvalue weighted by Crippen LogP contribution is 2.19. The third-order valence-corrected chi connectivity index (χ3v) is 7.62. The minimum absolute atomic E-state index is 0.00759. The van der Waals surface area contributed by atoms with Crippen molar-refractivity contribution < 1.29 is 28.5 Å². The summed E-state index contributed by atoms with van der Waals surface area (Å²) in [6.07, 6.45) is 24.6. The smallest absolute Gasteiger partial charge is 0.243 e. The standard InChI is InChI=1S/C31H52N2O6/c34-28(18-7-3-1-5-11-22-36-30-20-9-13-24-38-30)32-26-16-15-17-27(26)33-29(35)19-8-4-2-6-12-23-37-31-21-10-14-25-39-31/h7-8,18-19,26-27,30-31H,1-6,9-17,20-25H2,(H,32,34)(H,33,35)/b18-7+,19-8+/t26-,27+,30?,31?. The molecule has 8 nitrogen and oxygen atoms in total. The van der Waals surface area contributed by atoms with Crippen LogP contribution in [-0.2, 0) is 28.5 Å². The Labute approximate surface area is 235 Å². The Bertz CT molecular complexity index is 671. The highest BCUT2D eigenvalue weighted by Gasteiger charge is 2.28. The first-order valence-corrected chi connectivity index (χ1v) is 15.6. The molecule has 3 rings (SSSR count). The van der Waals surface area contributed by atoms with Crippen molar-refractivity contribution in [2.75, 3.05) is 26.4 Å². The summed E-state index contributed by atoms with van der Waals surface area (Å²) < 4.78 is 22.7. The van der Waals surface area contributed by atoms with Crippen LogP contribution >= 0.6 is 0 Å². The van der Waals surface area contributed by atoms with Gasteiger partial charge in [-0.25, -0.2) is 0 Å². The van der Waals surface area contributed by atoms with Gasteiger partial charge in [0.1, 0.15) is 0 Å². The first-order chi connectivity index (χ1) is 19.2. The molecule has 0 aromatic heterocycles. The van der Waals surface area contributed by atoms with E-state index in [1.807, 2.05) is 12.2 Å². The first-order valence-electron chi connectivity index (χ1n) is 15.6. The number of carbonyl (C=O) groups excluding carboxylic acids is 2. The number of rotatable bonds is 18. The molecule has 39 heavy (non-hydrogen) atoms. The van der Waals surface area contributed by atoms with E-state index in [0.717, 1.165) is 123 Å². The van der Waals surface area contributed by atoms with Crippen molar-refractivity contribution in [3.8, 4) is 0 Å². The van der Waals surface area contributed by atoms with E-state index >= 15 is 0 Å². The van der Waals surface area contributed by atoms with Crippen LogP contribution in [0.15, 0.2) is 24.3 Å². The van der Waals surface area contributed by atoms with Crippen LogP contribution in [0.1, 0.15) is 109 Å². The lowest BCUT2D eigenvalue weighted by atomic mass is 10.1. The summed E-state index contributed by atoms with van der Waals surface area (Å²) in [6, 6.07) is -0.0152. The molecule has 3 fully saturated rings. The van der Waals surface area contributed by atoms with Crippen molar-refractivity contribution in [2.24, 2.45) is 0 Å². The first kappa shape index (κ1) is 31.8. The maximum Gasteiger partial charge on any atom is 0.243 e. The zero-order valence-electron chi connectivity index (χ0n) is 23.9. The van der Waals surface area contributed by atoms with Crippen molar-refractivity contribution in [3.63, 3.8) is 0 Å². The van der Waals surface area contributed by atoms with Crippen molar-refractivity contribution >= 4 is 11.8 Å². The molecule has 3 aliphatic rings. The molecule has 222 valence electrons. The van der Waals surface area contributed by atoms with Gasteiger partial charge in [0, 0.05) is 38.5 Å². The van der Waals surface area contributed by atoms with Gasteiger partial charge in [-0.05, 0) is 108 Å². The van der Waals surface area contributed by atoms with Gasteiger partial charge >= 0.3 is 0 Å². The topological polar surface area (TPSA) is 95.1 Å². The summed E-state index contributed by atoms with van der Waals surface area (Å²) >= 11 is 0. The highest BCUT2D eigenvalue weighted by molar-refractivity contribution is 5.89. The van der Waals surface area contributed by atoms with Gasteiger partial charge in [0.25, 0.3) is 0 Å². The third-order valence-electron chi connectivity index (χ3n) is 7.62. The Hall–Kier alpha value is -1.74. The van der Waals surface area contributed by atoms with Crippen LogP contribution in [0.25, 0.3) is 0 Å². The summed E-state index contributed by atoms with van der Waals surface area (Å²) in [6.45, 7) is 3.11. The molecule has 2 saturated heterocycles. The van der Waals surface area contributed by atoms with Crippen molar-refractivity contribution in [1.29, 1.82) is 0 Å². The minimum atomic E-state index is -0.0755. The van der Waals surface area contributed by atoms with E-state index in [1.54, 1.807) is 12.2 Å². The number of hydrogen-bond donors (Lipinski definition) is 2. The van der Waals surface area contributed by atoms with Crippen LogP contribution in [0.4, 0.5) is 0 Å². The van der Waals surface area contributed by atoms with Gasteiger partial charge in [-0.3, -0.25) is 9.59 Å². The summed E-state index contributed by atoms with van der Waals surface area (Å²) in [5.74, 6) is -0.151. The largest absolute Gasteiger partial charge is 0.353 e. The number of ether oxygens (including phenoxy) is 4. The molecule has 1 saturated carbocycles. The van der Waals surface area contributed by atoms with Crippen LogP contribution < -0.4 is 10.6 Å². The van der Waals surface area contributed by atoms with E-state index in [2.05, 4.69) is 10.6 Å². The second-order valence-electron chi connectivity index (χ2n) is 11.0. The molecule has 0 radical (unpaired) electrons. The molecule has 2 aliphatic heterocycles. The molecule has 0 bridgehead atoms. The Balaban J connectivity index is 1.17. The molecule has 4 atom stereocenters. The van der Waals surface area contributed by atoms with E-state index in [-0.39, 0.29) is 36.5 Å². The number of carbonyl (C=O) groups is 2. The van der Waals surface area contributed by atoms with Crippen LogP contribution in [0.2, 0.25) is 0 Å². The van der Waals surface area contributed by atoms with E-state index in [4.69, 9.17) is 18.9 Å². The highest BCUT2D eigenvalue weighted by atomic mass is 16.7. The van der Waals surface area contributed by atoms with E-state index < -0.39 is 0 Å². The number of unbranched alkanes of at least 4 members (excludes halogenated alkanes) is 6. The number of amides is 2. The van der Waals surface area contributed by atoms with Gasteiger partial charge in [-0.15, -0.1) is 0 Å². The molecule has 2 amide bonds. The summed E-state index contributed by atoms with van der Waals surface area (Å²) in [7, 11) is 0. The van der Waals surface area contributed by atoms with Crippen molar-refractivity contribution in [3.05, 3.63) is 24.3 Å². The Kier molecular flexibility index (Phi) is 16.4. The Morgan fingerprint density at radius 1 is 0.615 bits per heavy atom. The van der Waals surface area contributed by atoms with Crippen LogP contribution in [0, 0.1) is 0 Å². The molecular weight excluding hydrogens is 496 g/mol. The SMILES string of the molecule is O=C(/C=C/CCCCCOC1CCCCO1)N[C@H]1CCC[C@H]1NC(=O)/C=C/CCCCCOC1CCCCO1. The van der Waals surface area contributed by atoms with Gasteiger partial charge in [-0.1, -0.05) is 25.0 Å². The maximum atomic E-state index is 12.4. The van der Waals surface area contributed by atoms with Gasteiger partial charge in [0.15, 0.2) is 12.6 Å². The average molecular weight is 549 g/mol. The third kappa shape index (κ3) is 14.5. The molecule has 8 heteroatoms. The van der Waals surface area contributed by atoms with E-state index in [0.29, 0.717) is 0 Å². The lowest BCUT2D eigenvalue weighted by Gasteiger charge is -2.22. The molecule has 0 aromatic carbocycles. The predicted molar refractivity (Wildman–Crippen MR) is 152 cm³/mol. The summed E-state index contributed by atoms with van der Waals surface area (Å²) in [5.41, 5.74) is 0. The summed E-state index contributed by atoms with van der Waals surface area (Å²) in [5, 5.41) is 6.16. The fraction of sp³-hybridized carbons (Fsp3) is 0.806. The Morgan fingerprint density at radius 2 is 1.10 bits per heavy atom. The lowest BCUT2D eigenvalue weighted by Crippen LogP contribution is -2.47. The van der Waals surface area contributed by atoms with Crippen LogP contribution in [0.5, 0.6) is 0 Å². The van der Waals surface area contributed by atoms with Gasteiger partial charge in [0.2, 0.25) is 11.8 Å². The van der Waals surface area contributed by atoms with Crippen molar-refractivity contribution in [1.82, 2.24) is 10.6 Å². The Morgan fingerprint density at radius 3 is 1.54 bits per heavy atom. The fourth-order valence-electron chi connectivity index (χ4n) is 5.34. The normalized spacial score (nSPS) is 25.8. The van der Waals surface area contributed by atoms with E-state index in [9.17, 15) is 9.59 Å². The number of allylic oxidation sites excluding steroid dienone is 2. The number of hydrogen-bond acceptors (Lipinski definition) is 6. The average Bonchev–Trinajstić information content (AvgIpc) is 3.38. The molecule has 1 aliphatic carbocycles. The van der Waals surface area contributed by atoms with Gasteiger partial charge in [0.05, 0.1) is 0 Å². The fourth-order valence-corrected chi connectivity index (χ4v) is 5.34. The second-order valence-corrected chi connectivity index (χ2v) is 11.0. The lowest BCUT2D eigenvalue weighted by molar-refractivity contribution is -0.163. The van der Waals surface area contributed by atoms with E-state index in [1.165, 1.54) is 12.8 Å². The van der Waals surface area contributed by atoms with Crippen LogP contribution in [0.3, 0.4) is 0 Å². The molecular formula is C31H52N2O6. The molecule has 2 unspecified atom stereocenters.